The first kappa shape index (κ1) is 13.6. The van der Waals surface area contributed by atoms with E-state index >= 15 is 0 Å². The normalized spacial score (nSPS) is 19.5. The van der Waals surface area contributed by atoms with Gasteiger partial charge in [-0.3, -0.25) is 0 Å². The Morgan fingerprint density at radius 1 is 1.56 bits per heavy atom. The number of nitrogens with zero attached hydrogens (tertiary/aromatic N) is 2. The van der Waals surface area contributed by atoms with E-state index in [0.29, 0.717) is 0 Å². The van der Waals surface area contributed by atoms with Crippen molar-refractivity contribution < 1.29 is 4.74 Å². The summed E-state index contributed by atoms with van der Waals surface area (Å²) in [6, 6.07) is 0.142. The molecule has 102 valence electrons. The van der Waals surface area contributed by atoms with Gasteiger partial charge in [0.05, 0.1) is 5.60 Å². The molecule has 1 heterocycles. The zero-order chi connectivity index (χ0) is 13.0. The predicted molar refractivity (Wildman–Crippen MR) is 72.4 cm³/mol. The van der Waals surface area contributed by atoms with Crippen molar-refractivity contribution in [3.05, 3.63) is 18.2 Å². The van der Waals surface area contributed by atoms with Gasteiger partial charge >= 0.3 is 0 Å². The van der Waals surface area contributed by atoms with E-state index < -0.39 is 0 Å². The van der Waals surface area contributed by atoms with Crippen LogP contribution in [0.25, 0.3) is 0 Å². The minimum absolute atomic E-state index is 0.0571. The second-order valence-electron chi connectivity index (χ2n) is 5.45. The second kappa shape index (κ2) is 5.85. The molecule has 1 unspecified atom stereocenters. The van der Waals surface area contributed by atoms with Crippen molar-refractivity contribution in [2.24, 2.45) is 5.73 Å². The van der Waals surface area contributed by atoms with Crippen molar-refractivity contribution in [3.63, 3.8) is 0 Å². The molecular formula is C14H25N3O. The van der Waals surface area contributed by atoms with Crippen LogP contribution in [0.3, 0.4) is 0 Å². The molecule has 1 aromatic heterocycles. The summed E-state index contributed by atoms with van der Waals surface area (Å²) in [6.45, 7) is 3.20. The Morgan fingerprint density at radius 2 is 2.33 bits per heavy atom. The molecule has 1 aliphatic rings. The molecular weight excluding hydrogens is 226 g/mol. The van der Waals surface area contributed by atoms with Crippen molar-refractivity contribution in [2.75, 3.05) is 7.11 Å². The zero-order valence-corrected chi connectivity index (χ0v) is 11.6. The van der Waals surface area contributed by atoms with Crippen LogP contribution in [0.2, 0.25) is 0 Å². The van der Waals surface area contributed by atoms with Gasteiger partial charge in [-0.2, -0.15) is 0 Å². The highest BCUT2D eigenvalue weighted by Gasteiger charge is 2.38. The molecule has 0 aromatic carbocycles. The summed E-state index contributed by atoms with van der Waals surface area (Å²) in [5, 5.41) is 0. The number of rotatable bonds is 7. The summed E-state index contributed by atoms with van der Waals surface area (Å²) in [7, 11) is 1.81. The maximum Gasteiger partial charge on any atom is 0.110 e. The molecule has 0 radical (unpaired) electrons. The van der Waals surface area contributed by atoms with E-state index in [1.807, 2.05) is 19.5 Å². The van der Waals surface area contributed by atoms with Gasteiger partial charge < -0.3 is 15.0 Å². The number of ether oxygens (including phenoxy) is 1. The monoisotopic (exact) mass is 251 g/mol. The van der Waals surface area contributed by atoms with Gasteiger partial charge in [0.15, 0.2) is 0 Å². The molecule has 0 bridgehead atoms. The van der Waals surface area contributed by atoms with Crippen molar-refractivity contribution in [3.8, 4) is 0 Å². The number of aryl methyl sites for hydroxylation is 1. The summed E-state index contributed by atoms with van der Waals surface area (Å²) in [6.07, 6.45) is 10.4. The van der Waals surface area contributed by atoms with Gasteiger partial charge in [-0.25, -0.2) is 4.98 Å². The predicted octanol–water partition coefficient (Wildman–Crippen LogP) is 2.12. The average molecular weight is 251 g/mol. The molecule has 0 amide bonds. The number of imidazole rings is 1. The molecule has 0 spiro atoms. The average Bonchev–Trinajstić information content (AvgIpc) is 2.72. The topological polar surface area (TPSA) is 53.1 Å². The molecule has 1 fully saturated rings. The van der Waals surface area contributed by atoms with Crippen molar-refractivity contribution in [1.29, 1.82) is 0 Å². The van der Waals surface area contributed by atoms with E-state index in [4.69, 9.17) is 10.5 Å². The standard InChI is InChI=1S/C14H25N3O/c1-3-8-17-9-7-16-13(17)10-12(15)11-14(18-2)5-4-6-14/h7,9,12H,3-6,8,10-11,15H2,1-2H3. The van der Waals surface area contributed by atoms with Crippen molar-refractivity contribution in [2.45, 2.75) is 63.6 Å². The molecule has 0 saturated heterocycles. The van der Waals surface area contributed by atoms with Gasteiger partial charge in [0, 0.05) is 38.5 Å². The van der Waals surface area contributed by atoms with Crippen LogP contribution in [-0.2, 0) is 17.7 Å². The van der Waals surface area contributed by atoms with Crippen LogP contribution < -0.4 is 5.73 Å². The fourth-order valence-corrected chi connectivity index (χ4v) is 2.82. The van der Waals surface area contributed by atoms with E-state index in [2.05, 4.69) is 16.5 Å². The van der Waals surface area contributed by atoms with Gasteiger partial charge in [-0.15, -0.1) is 0 Å². The highest BCUT2D eigenvalue weighted by molar-refractivity contribution is 4.99. The fourth-order valence-electron chi connectivity index (χ4n) is 2.82. The Balaban J connectivity index is 1.90. The van der Waals surface area contributed by atoms with Crippen LogP contribution in [0.4, 0.5) is 0 Å². The van der Waals surface area contributed by atoms with Crippen LogP contribution in [-0.4, -0.2) is 28.3 Å². The van der Waals surface area contributed by atoms with Crippen LogP contribution in [0.1, 0.15) is 44.9 Å². The SMILES string of the molecule is CCCn1ccnc1CC(N)CC1(OC)CCC1. The molecule has 0 aliphatic heterocycles. The first-order chi connectivity index (χ1) is 8.69. The quantitative estimate of drug-likeness (QED) is 0.807. The Morgan fingerprint density at radius 3 is 2.89 bits per heavy atom. The summed E-state index contributed by atoms with van der Waals surface area (Å²) < 4.78 is 7.84. The molecule has 2 rings (SSSR count). The molecule has 4 nitrogen and oxygen atoms in total. The van der Waals surface area contributed by atoms with E-state index in [-0.39, 0.29) is 11.6 Å². The number of methoxy groups -OCH3 is 1. The lowest BCUT2D eigenvalue weighted by Crippen LogP contribution is -2.45. The molecule has 18 heavy (non-hydrogen) atoms. The molecule has 4 heteroatoms. The number of aromatic nitrogens is 2. The number of nitrogens with two attached hydrogens (primary N) is 1. The van der Waals surface area contributed by atoms with Gasteiger partial charge in [-0.05, 0) is 32.1 Å². The smallest absolute Gasteiger partial charge is 0.110 e. The molecule has 1 saturated carbocycles. The van der Waals surface area contributed by atoms with Crippen LogP contribution in [0.5, 0.6) is 0 Å². The van der Waals surface area contributed by atoms with Gasteiger partial charge in [-0.1, -0.05) is 6.92 Å². The summed E-state index contributed by atoms with van der Waals surface area (Å²) in [5.41, 5.74) is 6.32. The van der Waals surface area contributed by atoms with Crippen LogP contribution in [0, 0.1) is 0 Å². The Labute approximate surface area is 110 Å². The first-order valence-electron chi connectivity index (χ1n) is 7.00. The highest BCUT2D eigenvalue weighted by atomic mass is 16.5. The van der Waals surface area contributed by atoms with Gasteiger partial charge in [0.1, 0.15) is 5.82 Å². The van der Waals surface area contributed by atoms with E-state index in [0.717, 1.165) is 44.5 Å². The van der Waals surface area contributed by atoms with E-state index in [1.54, 1.807) is 0 Å². The first-order valence-corrected chi connectivity index (χ1v) is 7.00. The van der Waals surface area contributed by atoms with Gasteiger partial charge in [0.2, 0.25) is 0 Å². The third kappa shape index (κ3) is 2.93. The minimum atomic E-state index is 0.0571. The minimum Gasteiger partial charge on any atom is -0.378 e. The van der Waals surface area contributed by atoms with E-state index in [9.17, 15) is 0 Å². The van der Waals surface area contributed by atoms with Crippen molar-refractivity contribution >= 4 is 0 Å². The third-order valence-electron chi connectivity index (χ3n) is 4.04. The second-order valence-corrected chi connectivity index (χ2v) is 5.45. The van der Waals surface area contributed by atoms with Crippen molar-refractivity contribution in [1.82, 2.24) is 9.55 Å². The van der Waals surface area contributed by atoms with Crippen LogP contribution in [0.15, 0.2) is 12.4 Å². The lowest BCUT2D eigenvalue weighted by Gasteiger charge is -2.42. The maximum absolute atomic E-state index is 6.27. The summed E-state index contributed by atoms with van der Waals surface area (Å²) in [4.78, 5) is 4.42. The Kier molecular flexibility index (Phi) is 4.40. The number of hydrogen-bond acceptors (Lipinski definition) is 3. The Bertz CT molecular complexity index is 365. The lowest BCUT2D eigenvalue weighted by molar-refractivity contribution is -0.0814. The highest BCUT2D eigenvalue weighted by Crippen LogP contribution is 2.38. The maximum atomic E-state index is 6.27. The van der Waals surface area contributed by atoms with Crippen LogP contribution >= 0.6 is 0 Å². The molecule has 1 aliphatic carbocycles. The zero-order valence-electron chi connectivity index (χ0n) is 11.6. The van der Waals surface area contributed by atoms with Gasteiger partial charge in [0.25, 0.3) is 0 Å². The molecule has 2 N–H and O–H groups in total. The Hall–Kier alpha value is -0.870. The summed E-state index contributed by atoms with van der Waals surface area (Å²) >= 11 is 0. The summed E-state index contributed by atoms with van der Waals surface area (Å²) in [5.74, 6) is 1.11. The fraction of sp³-hybridized carbons (Fsp3) is 0.786. The molecule has 1 aromatic rings. The third-order valence-corrected chi connectivity index (χ3v) is 4.04. The lowest BCUT2D eigenvalue weighted by atomic mass is 9.75. The van der Waals surface area contributed by atoms with E-state index in [1.165, 1.54) is 6.42 Å². The molecule has 1 atom stereocenters. The number of hydrogen-bond donors (Lipinski definition) is 1. The largest absolute Gasteiger partial charge is 0.378 e.